The average Bonchev–Trinajstić information content (AvgIpc) is 2.68. The topological polar surface area (TPSA) is 69.7 Å². The van der Waals surface area contributed by atoms with Crippen LogP contribution in [0.4, 0.5) is 0 Å². The maximum absolute atomic E-state index is 12.0. The first kappa shape index (κ1) is 18.0. The molecular weight excluding hydrogens is 356 g/mol. The Labute approximate surface area is 161 Å². The quantitative estimate of drug-likeness (QED) is 0.485. The van der Waals surface area contributed by atoms with Gasteiger partial charge in [0.2, 0.25) is 0 Å². The van der Waals surface area contributed by atoms with E-state index in [0.717, 1.165) is 39.4 Å². The molecule has 5 nitrogen and oxygen atoms in total. The van der Waals surface area contributed by atoms with E-state index in [1.54, 1.807) is 6.07 Å². The fourth-order valence-corrected chi connectivity index (χ4v) is 3.40. The SMILES string of the molecule is CCc1cc(=O)oc2cc(OCc3cc(=O)oc4c(C)c(C)ccc34)ccc12. The van der Waals surface area contributed by atoms with E-state index < -0.39 is 5.63 Å². The van der Waals surface area contributed by atoms with Crippen molar-refractivity contribution in [1.29, 1.82) is 0 Å². The van der Waals surface area contributed by atoms with Crippen LogP contribution in [0.15, 0.2) is 60.9 Å². The van der Waals surface area contributed by atoms with Crippen molar-refractivity contribution in [2.75, 3.05) is 0 Å². The summed E-state index contributed by atoms with van der Waals surface area (Å²) in [5.41, 5.74) is 3.99. The summed E-state index contributed by atoms with van der Waals surface area (Å²) < 4.78 is 16.6. The number of fused-ring (bicyclic) bond motifs is 2. The maximum atomic E-state index is 12.0. The molecule has 0 aliphatic rings. The molecule has 0 bridgehead atoms. The zero-order chi connectivity index (χ0) is 19.8. The molecule has 0 unspecified atom stereocenters. The van der Waals surface area contributed by atoms with Gasteiger partial charge in [-0.2, -0.15) is 0 Å². The standard InChI is InChI=1S/C23H20O5/c1-4-15-9-21(24)27-20-11-17(6-8-18(15)20)26-12-16-10-22(25)28-23-14(3)13(2)5-7-19(16)23/h5-11H,4,12H2,1-3H3. The van der Waals surface area contributed by atoms with E-state index in [9.17, 15) is 9.59 Å². The van der Waals surface area contributed by atoms with Crippen molar-refractivity contribution in [3.8, 4) is 5.75 Å². The minimum atomic E-state index is -0.406. The summed E-state index contributed by atoms with van der Waals surface area (Å²) >= 11 is 0. The Hall–Kier alpha value is -3.34. The van der Waals surface area contributed by atoms with Crippen LogP contribution in [-0.2, 0) is 13.0 Å². The van der Waals surface area contributed by atoms with E-state index in [0.29, 0.717) is 16.9 Å². The minimum Gasteiger partial charge on any atom is -0.489 e. The van der Waals surface area contributed by atoms with Gasteiger partial charge in [-0.3, -0.25) is 0 Å². The monoisotopic (exact) mass is 376 g/mol. The molecule has 0 N–H and O–H groups in total. The third kappa shape index (κ3) is 3.20. The van der Waals surface area contributed by atoms with Crippen LogP contribution in [0.2, 0.25) is 0 Å². The van der Waals surface area contributed by atoms with Gasteiger partial charge in [-0.1, -0.05) is 19.1 Å². The summed E-state index contributed by atoms with van der Waals surface area (Å²) in [5, 5.41) is 1.75. The van der Waals surface area contributed by atoms with E-state index in [1.807, 2.05) is 45.0 Å². The molecule has 0 atom stereocenters. The molecule has 0 aliphatic heterocycles. The highest BCUT2D eigenvalue weighted by molar-refractivity contribution is 5.84. The third-order valence-electron chi connectivity index (χ3n) is 5.09. The number of aryl methyl sites for hydroxylation is 3. The van der Waals surface area contributed by atoms with Gasteiger partial charge in [0.05, 0.1) is 0 Å². The van der Waals surface area contributed by atoms with Crippen molar-refractivity contribution in [2.45, 2.75) is 33.8 Å². The highest BCUT2D eigenvalue weighted by Crippen LogP contribution is 2.26. The largest absolute Gasteiger partial charge is 0.489 e. The van der Waals surface area contributed by atoms with Crippen molar-refractivity contribution in [1.82, 2.24) is 0 Å². The van der Waals surface area contributed by atoms with Gasteiger partial charge in [-0.05, 0) is 49.1 Å². The fraction of sp³-hybridized carbons (Fsp3) is 0.217. The van der Waals surface area contributed by atoms with E-state index >= 15 is 0 Å². The predicted octanol–water partition coefficient (Wildman–Crippen LogP) is 4.66. The van der Waals surface area contributed by atoms with Gasteiger partial charge in [0.15, 0.2) is 0 Å². The van der Waals surface area contributed by atoms with Crippen molar-refractivity contribution in [3.63, 3.8) is 0 Å². The van der Waals surface area contributed by atoms with Crippen molar-refractivity contribution in [2.24, 2.45) is 0 Å². The molecular formula is C23H20O5. The van der Waals surface area contributed by atoms with E-state index in [1.165, 1.54) is 12.1 Å². The number of benzene rings is 2. The molecule has 0 radical (unpaired) electrons. The highest BCUT2D eigenvalue weighted by Gasteiger charge is 2.11. The maximum Gasteiger partial charge on any atom is 0.336 e. The lowest BCUT2D eigenvalue weighted by atomic mass is 10.0. The van der Waals surface area contributed by atoms with E-state index in [-0.39, 0.29) is 12.2 Å². The van der Waals surface area contributed by atoms with Gasteiger partial charge in [-0.25, -0.2) is 9.59 Å². The molecule has 4 rings (SSSR count). The Morgan fingerprint density at radius 2 is 1.57 bits per heavy atom. The molecule has 2 aromatic heterocycles. The van der Waals surface area contributed by atoms with Crippen molar-refractivity contribution < 1.29 is 13.6 Å². The molecule has 28 heavy (non-hydrogen) atoms. The van der Waals surface area contributed by atoms with Crippen LogP contribution in [-0.4, -0.2) is 0 Å². The molecule has 0 saturated carbocycles. The summed E-state index contributed by atoms with van der Waals surface area (Å²) in [6, 6.07) is 12.3. The normalized spacial score (nSPS) is 11.2. The lowest BCUT2D eigenvalue weighted by Gasteiger charge is -2.11. The second-order valence-corrected chi connectivity index (χ2v) is 6.87. The van der Waals surface area contributed by atoms with Gasteiger partial charge in [0.25, 0.3) is 0 Å². The summed E-state index contributed by atoms with van der Waals surface area (Å²) in [4.78, 5) is 23.7. The van der Waals surface area contributed by atoms with Gasteiger partial charge < -0.3 is 13.6 Å². The van der Waals surface area contributed by atoms with E-state index in [4.69, 9.17) is 13.6 Å². The van der Waals surface area contributed by atoms with Gasteiger partial charge in [0.1, 0.15) is 23.5 Å². The molecule has 142 valence electrons. The number of ether oxygens (including phenoxy) is 1. The number of hydrogen-bond donors (Lipinski definition) is 0. The minimum absolute atomic E-state index is 0.202. The van der Waals surface area contributed by atoms with Crippen molar-refractivity contribution in [3.05, 3.63) is 85.6 Å². The first-order valence-electron chi connectivity index (χ1n) is 9.19. The number of rotatable bonds is 4. The first-order chi connectivity index (χ1) is 13.5. The van der Waals surface area contributed by atoms with Gasteiger partial charge in [-0.15, -0.1) is 0 Å². The zero-order valence-electron chi connectivity index (χ0n) is 16.0. The summed E-state index contributed by atoms with van der Waals surface area (Å²) in [7, 11) is 0. The van der Waals surface area contributed by atoms with Crippen LogP contribution in [0.1, 0.15) is 29.2 Å². The third-order valence-corrected chi connectivity index (χ3v) is 5.09. The van der Waals surface area contributed by atoms with Crippen LogP contribution >= 0.6 is 0 Å². The molecule has 0 amide bonds. The molecule has 0 aliphatic carbocycles. The number of hydrogen-bond acceptors (Lipinski definition) is 5. The summed E-state index contributed by atoms with van der Waals surface area (Å²) in [6.07, 6.45) is 0.743. The van der Waals surface area contributed by atoms with Crippen molar-refractivity contribution >= 4 is 21.9 Å². The Bertz CT molecular complexity index is 1310. The lowest BCUT2D eigenvalue weighted by Crippen LogP contribution is -2.05. The van der Waals surface area contributed by atoms with Gasteiger partial charge in [0, 0.05) is 34.5 Å². The summed E-state index contributed by atoms with van der Waals surface area (Å²) in [5.74, 6) is 0.564. The molecule has 4 aromatic rings. The Balaban J connectivity index is 1.71. The van der Waals surface area contributed by atoms with E-state index in [2.05, 4.69) is 0 Å². The fourth-order valence-electron chi connectivity index (χ4n) is 3.40. The molecule has 5 heteroatoms. The molecule has 0 saturated heterocycles. The second kappa shape index (κ2) is 7.00. The average molecular weight is 376 g/mol. The van der Waals surface area contributed by atoms with Crippen LogP contribution < -0.4 is 16.0 Å². The van der Waals surface area contributed by atoms with Crippen LogP contribution in [0.3, 0.4) is 0 Å². The predicted molar refractivity (Wildman–Crippen MR) is 108 cm³/mol. The molecule has 2 heterocycles. The highest BCUT2D eigenvalue weighted by atomic mass is 16.5. The Morgan fingerprint density at radius 3 is 2.36 bits per heavy atom. The lowest BCUT2D eigenvalue weighted by molar-refractivity contribution is 0.306. The molecule has 0 spiro atoms. The second-order valence-electron chi connectivity index (χ2n) is 6.87. The summed E-state index contributed by atoms with van der Waals surface area (Å²) in [6.45, 7) is 6.11. The zero-order valence-corrected chi connectivity index (χ0v) is 16.0. The van der Waals surface area contributed by atoms with Crippen LogP contribution in [0.5, 0.6) is 5.75 Å². The molecule has 0 fully saturated rings. The smallest absolute Gasteiger partial charge is 0.336 e. The molecule has 2 aromatic carbocycles. The van der Waals surface area contributed by atoms with Crippen LogP contribution in [0.25, 0.3) is 21.9 Å². The van der Waals surface area contributed by atoms with Gasteiger partial charge >= 0.3 is 11.3 Å². The Kier molecular flexibility index (Phi) is 4.51. The Morgan fingerprint density at radius 1 is 0.857 bits per heavy atom. The van der Waals surface area contributed by atoms with Crippen LogP contribution in [0, 0.1) is 13.8 Å². The first-order valence-corrected chi connectivity index (χ1v) is 9.19.